The number of unbranched alkanes of at least 4 members (excludes halogenated alkanes) is 3. The quantitative estimate of drug-likeness (QED) is 0.0127. The number of aliphatic hydroxyl groups is 3. The molecule has 43 heteroatoms. The first-order chi connectivity index (χ1) is 72.1. The first-order valence-corrected chi connectivity index (χ1v) is 54.4. The molecule has 2 aromatic carbocycles. The largest absolute Gasteiger partial charge is 0.497 e. The fourth-order valence-electron chi connectivity index (χ4n) is 16.9. The highest BCUT2D eigenvalue weighted by Gasteiger charge is 2.52. The molecule has 10 aromatic heterocycles. The summed E-state index contributed by atoms with van der Waals surface area (Å²) in [6, 6.07) is 21.4. The Balaban J connectivity index is 0.000000174. The first-order valence-electron chi connectivity index (χ1n) is 51.7. The molecule has 0 spiro atoms. The third-order valence-corrected chi connectivity index (χ3v) is 28.8. The number of nitrogens with one attached hydrogen (secondary N) is 6. The molecule has 5 aliphatic rings. The Kier molecular flexibility index (Phi) is 45.0. The van der Waals surface area contributed by atoms with Gasteiger partial charge in [-0.3, -0.25) is 34.6 Å². The van der Waals surface area contributed by atoms with Gasteiger partial charge in [0.05, 0.1) is 126 Å². The van der Waals surface area contributed by atoms with Gasteiger partial charge in [-0.1, -0.05) is 81.3 Å². The van der Waals surface area contributed by atoms with E-state index in [0.29, 0.717) is 104 Å². The fourth-order valence-corrected chi connectivity index (χ4v) is 17.6. The summed E-state index contributed by atoms with van der Waals surface area (Å²) in [4.78, 5) is 89.3. The molecule has 0 saturated carbocycles. The summed E-state index contributed by atoms with van der Waals surface area (Å²) in [5.74, 6) is 8.00. The van der Waals surface area contributed by atoms with E-state index in [1.54, 1.807) is 65.6 Å². The maximum absolute atomic E-state index is 10.3. The van der Waals surface area contributed by atoms with Crippen LogP contribution in [0.15, 0.2) is 138 Å². The van der Waals surface area contributed by atoms with Gasteiger partial charge < -0.3 is 101 Å². The molecule has 15 heterocycles. The Morgan fingerprint density at radius 3 is 1.18 bits per heavy atom. The molecular formula is C107H154BBr3N30O9. The maximum atomic E-state index is 10.3. The van der Waals surface area contributed by atoms with Gasteiger partial charge in [0.2, 0.25) is 17.8 Å². The van der Waals surface area contributed by atoms with Crippen LogP contribution in [0.4, 0.5) is 35.3 Å². The number of pyridine rings is 4. The highest BCUT2D eigenvalue weighted by Crippen LogP contribution is 2.39. The van der Waals surface area contributed by atoms with Gasteiger partial charge in [0.25, 0.3) is 0 Å². The van der Waals surface area contributed by atoms with Gasteiger partial charge in [0.15, 0.2) is 17.5 Å². The number of piperazine rings is 4. The van der Waals surface area contributed by atoms with Crippen LogP contribution >= 0.6 is 47.8 Å². The number of aromatic nitrogens is 16. The van der Waals surface area contributed by atoms with Crippen molar-refractivity contribution in [3.8, 4) is 45.3 Å². The maximum Gasteiger partial charge on any atom is 0.496 e. The van der Waals surface area contributed by atoms with Crippen molar-refractivity contribution in [3.63, 3.8) is 0 Å². The highest BCUT2D eigenvalue weighted by atomic mass is 79.9. The molecule has 11 N–H and O–H groups in total. The minimum absolute atomic E-state index is 0.0113. The number of nitrogens with two attached hydrogens (primary N) is 1. The molecule has 0 bridgehead atoms. The molecule has 0 aliphatic carbocycles. The number of nitrogens with zero attached hydrogens (tertiary/aromatic N) is 23. The molecule has 150 heavy (non-hydrogen) atoms. The van der Waals surface area contributed by atoms with Crippen LogP contribution in [0.3, 0.4) is 0 Å². The minimum Gasteiger partial charge on any atom is -0.497 e. The van der Waals surface area contributed by atoms with Crippen molar-refractivity contribution in [2.45, 2.75) is 193 Å². The van der Waals surface area contributed by atoms with E-state index in [0.717, 1.165) is 240 Å². The van der Waals surface area contributed by atoms with Crippen LogP contribution in [-0.4, -0.2) is 345 Å². The van der Waals surface area contributed by atoms with Gasteiger partial charge in [-0.2, -0.15) is 15.0 Å². The number of likely N-dealkylation sites (N-methyl/N-ethyl adjacent to an activating group) is 4. The van der Waals surface area contributed by atoms with Crippen molar-refractivity contribution in [1.82, 2.24) is 119 Å². The van der Waals surface area contributed by atoms with Crippen molar-refractivity contribution in [1.29, 1.82) is 0 Å². The van der Waals surface area contributed by atoms with Crippen LogP contribution in [0.5, 0.6) is 23.0 Å². The van der Waals surface area contributed by atoms with Gasteiger partial charge in [0, 0.05) is 237 Å². The summed E-state index contributed by atoms with van der Waals surface area (Å²) in [7, 11) is 14.6. The summed E-state index contributed by atoms with van der Waals surface area (Å²) < 4.78 is 36.2. The number of aliphatic hydroxyl groups excluding tert-OH is 3. The van der Waals surface area contributed by atoms with E-state index in [4.69, 9.17) is 68.9 Å². The summed E-state index contributed by atoms with van der Waals surface area (Å²) in [6.07, 6.45) is 26.4. The number of nitrogen functional groups attached to an aromatic ring is 1. The van der Waals surface area contributed by atoms with Gasteiger partial charge in [0.1, 0.15) is 57.0 Å². The number of methoxy groups -OCH3 is 4. The van der Waals surface area contributed by atoms with Gasteiger partial charge in [-0.05, 0) is 176 Å². The number of benzene rings is 2. The van der Waals surface area contributed by atoms with Crippen molar-refractivity contribution < 1.29 is 43.6 Å². The van der Waals surface area contributed by atoms with Crippen LogP contribution in [-0.2, 0) is 47.4 Å². The number of fused-ring (bicyclic) bond motifs is 3. The number of anilines is 6. The highest BCUT2D eigenvalue weighted by molar-refractivity contribution is 9.10. The molecule has 5 fully saturated rings. The van der Waals surface area contributed by atoms with E-state index in [-0.39, 0.29) is 25.8 Å². The number of hydrogen-bond acceptors (Lipinski definition) is 39. The average Bonchev–Trinajstić information content (AvgIpc) is 1.56. The van der Waals surface area contributed by atoms with E-state index < -0.39 is 34.9 Å². The second kappa shape index (κ2) is 57.3. The smallest absolute Gasteiger partial charge is 0.496 e. The van der Waals surface area contributed by atoms with Crippen LogP contribution in [0.1, 0.15) is 161 Å². The van der Waals surface area contributed by atoms with Crippen molar-refractivity contribution >= 4 is 129 Å². The molecule has 0 amide bonds. The Morgan fingerprint density at radius 1 is 0.420 bits per heavy atom. The molecule has 5 aliphatic heterocycles. The van der Waals surface area contributed by atoms with Crippen LogP contribution < -0.4 is 62.0 Å². The SMILES string of the molecule is BrCc1ncc(Br)cn1.CCCC[C@](C)(CO)Nc1nc(N)nc2cc(-c3ccc(CN4CCN(C)CC4)nc3)cnc12.CCCC[C@](C)(CO)Nc1nc(NCc2ccc(OC)cc2OC)nc2cc(-c3cnc(CN4CCN(C)CC4)nc3)cnc12.CCCC[C@](C)(CO)Nc1nc(NCc2ccc(OC)cc2OC)nc2cc(B3OC(C)(C)C(C)(C)O3)cnc12.CN1CCN(Cc2ncc(Br)cn2)CC1.CN1CCNCC1. The predicted molar refractivity (Wildman–Crippen MR) is 607 cm³/mol. The lowest BCUT2D eigenvalue weighted by molar-refractivity contribution is 0.00578. The zero-order chi connectivity index (χ0) is 108. The van der Waals surface area contributed by atoms with Crippen LogP contribution in [0.2, 0.25) is 0 Å². The number of alkyl halides is 1. The minimum atomic E-state index is -0.570. The van der Waals surface area contributed by atoms with Gasteiger partial charge in [-0.25, -0.2) is 44.9 Å². The van der Waals surface area contributed by atoms with Crippen molar-refractivity contribution in [3.05, 3.63) is 172 Å². The lowest BCUT2D eigenvalue weighted by Crippen LogP contribution is -2.44. The third kappa shape index (κ3) is 34.9. The molecule has 12 aromatic rings. The average molecular weight is 2260 g/mol. The molecule has 17 rings (SSSR count). The number of ether oxygens (including phenoxy) is 4. The predicted octanol–water partition coefficient (Wildman–Crippen LogP) is 13.9. The summed E-state index contributed by atoms with van der Waals surface area (Å²) >= 11 is 9.81. The van der Waals surface area contributed by atoms with Crippen LogP contribution in [0.25, 0.3) is 55.4 Å². The van der Waals surface area contributed by atoms with Crippen molar-refractivity contribution in [2.75, 3.05) is 213 Å². The molecule has 0 radical (unpaired) electrons. The number of hydrogen-bond donors (Lipinski definition) is 10. The Bertz CT molecular complexity index is 6170. The third-order valence-electron chi connectivity index (χ3n) is 27.5. The van der Waals surface area contributed by atoms with E-state index in [1.165, 1.54) is 13.1 Å². The molecule has 39 nitrogen and oxygen atoms in total. The molecule has 3 atom stereocenters. The Labute approximate surface area is 909 Å². The van der Waals surface area contributed by atoms with E-state index >= 15 is 0 Å². The normalized spacial score (nSPS) is 16.9. The Morgan fingerprint density at radius 2 is 0.793 bits per heavy atom. The molecule has 5 saturated heterocycles. The monoisotopic (exact) mass is 2250 g/mol. The topological polar surface area (TPSA) is 443 Å². The van der Waals surface area contributed by atoms with Crippen molar-refractivity contribution in [2.24, 2.45) is 0 Å². The van der Waals surface area contributed by atoms with E-state index in [2.05, 4.69) is 220 Å². The molecule has 810 valence electrons. The van der Waals surface area contributed by atoms with Gasteiger partial charge >= 0.3 is 7.12 Å². The molecule has 0 unspecified atom stereocenters. The molecular weight excluding hydrogens is 2100 g/mol. The summed E-state index contributed by atoms with van der Waals surface area (Å²) in [6.45, 7) is 41.4. The zero-order valence-corrected chi connectivity index (χ0v) is 95.3. The second-order valence-electron chi connectivity index (χ2n) is 40.5. The fraction of sp³-hybridized carbons (Fsp3) is 0.533. The summed E-state index contributed by atoms with van der Waals surface area (Å²) in [5.41, 5.74) is 14.5. The number of rotatable bonds is 38. The van der Waals surface area contributed by atoms with Gasteiger partial charge in [-0.15, -0.1) is 0 Å². The lowest BCUT2D eigenvalue weighted by Gasteiger charge is -2.32. The second-order valence-corrected chi connectivity index (χ2v) is 42.9. The summed E-state index contributed by atoms with van der Waals surface area (Å²) in [5, 5.41) is 51.5. The Hall–Kier alpha value is -10.7. The van der Waals surface area contributed by atoms with E-state index in [1.807, 2.05) is 128 Å². The zero-order valence-electron chi connectivity index (χ0n) is 90.5. The van der Waals surface area contributed by atoms with E-state index in [9.17, 15) is 15.3 Å². The van der Waals surface area contributed by atoms with Crippen LogP contribution in [0, 0.1) is 0 Å². The standard InChI is InChI=1S/C33H45N9O3.C29H42BN5O5.C25H36N8O.C10H15BrN4.C5H4Br2N2.C5H12N2/c1-6-7-10-33(2,22-43)40-31-30-27(38-32(39-31)37-17-23-8-9-26(44-4)16-28(23)45-5)15-24(18-36-30)25-19-34-29(35-20-25)21-42-13-11-41(3)12-14-42;1-9-10-13-29(6,18-36)35-25-24-22(14-20(17-31-24)30-39-27(2,3)28(4,5)40-30)33-26(34-25)32-16-19-11-12-21(37-7)15-23(19)38-8;1-4-5-8-25(2,17-34)31-23-22-21(29-24(26)30-23)13-19(15-28-22)18-6-7-20(27-14-18)16-33-11-9-32(3)10-12-33;1-14-2-4-15(5-3-14)8-10-12-6-9(11)7-13-10;6-1-5-8-2-4(7)3-9-5;1-7-4-2-6-3-5-7/h8-9,15-16,18-20,43H,6-7,10-14,17,21-22H2,1-5H3,(H2,37,38,39,40);11-12,14-15,17,36H,9-10,13,16,18H2,1-8H3,(H2,32,33,34,35);6-7,13-15,34H,4-5,8-12,16-17H2,1-3H3,(H3,26,29,30,31);6-7H,2-5,8H2,1H3;2-3H,1H2;6H,2-5H2,1H3/t33-;29-;25-;;;/m111.../s1. The lowest BCUT2D eigenvalue weighted by atomic mass is 9.80. The number of halogens is 3. The first kappa shape index (κ1) is 118.